The minimum absolute atomic E-state index is 0.284. The molecule has 2 fully saturated rings. The van der Waals surface area contributed by atoms with Gasteiger partial charge in [0.05, 0.1) is 0 Å². The average Bonchev–Trinajstić information content (AvgIpc) is 2.48. The molecule has 2 N–H and O–H groups in total. The molecule has 1 aliphatic carbocycles. The van der Waals surface area contributed by atoms with Gasteiger partial charge in [0.25, 0.3) is 0 Å². The quantitative estimate of drug-likeness (QED) is 0.859. The monoisotopic (exact) mass is 280 g/mol. The van der Waals surface area contributed by atoms with E-state index in [1.54, 1.807) is 0 Å². The van der Waals surface area contributed by atoms with Gasteiger partial charge in [-0.3, -0.25) is 4.79 Å². The Bertz CT molecular complexity index is 319. The summed E-state index contributed by atoms with van der Waals surface area (Å²) in [6.45, 7) is 7.36. The number of carbonyl (C=O) groups is 1. The SMILES string of the molecule is CCC1(C)CCN(C(=O)C2CCCC(CCN)C2)CC1. The van der Waals surface area contributed by atoms with Crippen molar-refractivity contribution in [2.24, 2.45) is 23.0 Å². The molecule has 20 heavy (non-hydrogen) atoms. The fraction of sp³-hybridized carbons (Fsp3) is 0.941. The van der Waals surface area contributed by atoms with Crippen LogP contribution in [-0.4, -0.2) is 30.4 Å². The summed E-state index contributed by atoms with van der Waals surface area (Å²) in [5, 5.41) is 0. The molecule has 1 saturated carbocycles. The number of hydrogen-bond acceptors (Lipinski definition) is 2. The van der Waals surface area contributed by atoms with Crippen LogP contribution in [0.15, 0.2) is 0 Å². The van der Waals surface area contributed by atoms with Crippen molar-refractivity contribution in [1.82, 2.24) is 4.90 Å². The summed E-state index contributed by atoms with van der Waals surface area (Å²) in [4.78, 5) is 14.8. The van der Waals surface area contributed by atoms with Gasteiger partial charge in [-0.05, 0) is 50.0 Å². The molecule has 0 radical (unpaired) electrons. The number of rotatable bonds is 4. The first-order valence-electron chi connectivity index (χ1n) is 8.57. The van der Waals surface area contributed by atoms with E-state index in [2.05, 4.69) is 18.7 Å². The maximum Gasteiger partial charge on any atom is 0.225 e. The van der Waals surface area contributed by atoms with E-state index in [0.717, 1.165) is 38.9 Å². The lowest BCUT2D eigenvalue weighted by atomic mass is 9.76. The molecule has 2 atom stereocenters. The second-order valence-electron chi connectivity index (χ2n) is 7.30. The minimum Gasteiger partial charge on any atom is -0.342 e. The first-order chi connectivity index (χ1) is 9.58. The Balaban J connectivity index is 1.85. The van der Waals surface area contributed by atoms with Crippen molar-refractivity contribution in [2.75, 3.05) is 19.6 Å². The fourth-order valence-electron chi connectivity index (χ4n) is 3.89. The molecule has 1 amide bonds. The summed E-state index contributed by atoms with van der Waals surface area (Å²) < 4.78 is 0. The molecule has 2 rings (SSSR count). The van der Waals surface area contributed by atoms with Crippen LogP contribution in [0.2, 0.25) is 0 Å². The predicted molar refractivity (Wildman–Crippen MR) is 83.3 cm³/mol. The van der Waals surface area contributed by atoms with Crippen LogP contribution in [0, 0.1) is 17.3 Å². The van der Waals surface area contributed by atoms with Crippen LogP contribution in [0.5, 0.6) is 0 Å². The van der Waals surface area contributed by atoms with Crippen LogP contribution in [0.1, 0.15) is 65.2 Å². The van der Waals surface area contributed by atoms with Crippen molar-refractivity contribution in [3.05, 3.63) is 0 Å². The van der Waals surface area contributed by atoms with Gasteiger partial charge in [0.2, 0.25) is 5.91 Å². The average molecular weight is 280 g/mol. The van der Waals surface area contributed by atoms with Crippen LogP contribution in [0.25, 0.3) is 0 Å². The first kappa shape index (κ1) is 15.8. The second-order valence-corrected chi connectivity index (χ2v) is 7.30. The molecule has 2 unspecified atom stereocenters. The van der Waals surface area contributed by atoms with Crippen molar-refractivity contribution < 1.29 is 4.79 Å². The third-order valence-corrected chi connectivity index (χ3v) is 5.84. The number of likely N-dealkylation sites (tertiary alicyclic amines) is 1. The Morgan fingerprint density at radius 3 is 2.60 bits per heavy atom. The molecule has 1 heterocycles. The molecule has 0 bridgehead atoms. The highest BCUT2D eigenvalue weighted by Crippen LogP contribution is 2.36. The number of amides is 1. The van der Waals surface area contributed by atoms with E-state index in [9.17, 15) is 4.79 Å². The fourth-order valence-corrected chi connectivity index (χ4v) is 3.89. The highest BCUT2D eigenvalue weighted by atomic mass is 16.2. The molecule has 3 nitrogen and oxygen atoms in total. The molecule has 1 saturated heterocycles. The standard InChI is InChI=1S/C17H32N2O/c1-3-17(2)8-11-19(12-9-17)16(20)15-6-4-5-14(13-15)7-10-18/h14-15H,3-13,18H2,1-2H3. The Morgan fingerprint density at radius 2 is 2.00 bits per heavy atom. The normalized spacial score (nSPS) is 30.2. The van der Waals surface area contributed by atoms with Gasteiger partial charge in [-0.25, -0.2) is 0 Å². The molecule has 0 spiro atoms. The van der Waals surface area contributed by atoms with E-state index in [-0.39, 0.29) is 5.92 Å². The molecule has 3 heteroatoms. The Morgan fingerprint density at radius 1 is 1.30 bits per heavy atom. The molecule has 0 aromatic carbocycles. The Labute approximate surface area is 124 Å². The molecular formula is C17H32N2O. The van der Waals surface area contributed by atoms with Crippen molar-refractivity contribution in [2.45, 2.75) is 65.2 Å². The second kappa shape index (κ2) is 6.93. The highest BCUT2D eigenvalue weighted by Gasteiger charge is 2.34. The Kier molecular flexibility index (Phi) is 5.48. The third-order valence-electron chi connectivity index (χ3n) is 5.84. The van der Waals surface area contributed by atoms with Gasteiger partial charge in [-0.15, -0.1) is 0 Å². The van der Waals surface area contributed by atoms with Gasteiger partial charge >= 0.3 is 0 Å². The minimum atomic E-state index is 0.284. The van der Waals surface area contributed by atoms with Gasteiger partial charge in [-0.1, -0.05) is 33.1 Å². The number of nitrogens with two attached hydrogens (primary N) is 1. The van der Waals surface area contributed by atoms with Crippen molar-refractivity contribution in [3.63, 3.8) is 0 Å². The lowest BCUT2D eigenvalue weighted by Gasteiger charge is -2.41. The third kappa shape index (κ3) is 3.75. The van der Waals surface area contributed by atoms with E-state index in [0.29, 0.717) is 17.2 Å². The summed E-state index contributed by atoms with van der Waals surface area (Å²) in [5.74, 6) is 1.41. The van der Waals surface area contributed by atoms with Gasteiger partial charge in [0, 0.05) is 19.0 Å². The zero-order valence-corrected chi connectivity index (χ0v) is 13.4. The lowest BCUT2D eigenvalue weighted by Crippen LogP contribution is -2.45. The molecule has 1 aliphatic heterocycles. The van der Waals surface area contributed by atoms with Crippen LogP contribution in [0.4, 0.5) is 0 Å². The molecule has 116 valence electrons. The van der Waals surface area contributed by atoms with Crippen LogP contribution in [0.3, 0.4) is 0 Å². The smallest absolute Gasteiger partial charge is 0.225 e. The maximum atomic E-state index is 12.7. The summed E-state index contributed by atoms with van der Waals surface area (Å²) in [5.41, 5.74) is 6.14. The highest BCUT2D eigenvalue weighted by molar-refractivity contribution is 5.79. The van der Waals surface area contributed by atoms with Gasteiger partial charge in [0.15, 0.2) is 0 Å². The molecular weight excluding hydrogens is 248 g/mol. The maximum absolute atomic E-state index is 12.7. The lowest BCUT2D eigenvalue weighted by molar-refractivity contribution is -0.139. The van der Waals surface area contributed by atoms with Crippen LogP contribution in [-0.2, 0) is 4.79 Å². The first-order valence-corrected chi connectivity index (χ1v) is 8.57. The summed E-state index contributed by atoms with van der Waals surface area (Å²) in [6, 6.07) is 0. The molecule has 0 aromatic rings. The van der Waals surface area contributed by atoms with Gasteiger partial charge in [-0.2, -0.15) is 0 Å². The number of hydrogen-bond donors (Lipinski definition) is 1. The zero-order valence-electron chi connectivity index (χ0n) is 13.4. The zero-order chi connectivity index (χ0) is 14.6. The Hall–Kier alpha value is -0.570. The largest absolute Gasteiger partial charge is 0.342 e. The van der Waals surface area contributed by atoms with Crippen LogP contribution >= 0.6 is 0 Å². The van der Waals surface area contributed by atoms with Crippen LogP contribution < -0.4 is 5.73 Å². The van der Waals surface area contributed by atoms with E-state index in [4.69, 9.17) is 5.73 Å². The van der Waals surface area contributed by atoms with E-state index in [1.165, 1.54) is 32.1 Å². The molecule has 0 aromatic heterocycles. The number of carbonyl (C=O) groups excluding carboxylic acids is 1. The van der Waals surface area contributed by atoms with Crippen molar-refractivity contribution in [3.8, 4) is 0 Å². The predicted octanol–water partition coefficient (Wildman–Crippen LogP) is 3.18. The topological polar surface area (TPSA) is 46.3 Å². The van der Waals surface area contributed by atoms with Crippen molar-refractivity contribution in [1.29, 1.82) is 0 Å². The van der Waals surface area contributed by atoms with Gasteiger partial charge in [0.1, 0.15) is 0 Å². The summed E-state index contributed by atoms with van der Waals surface area (Å²) in [7, 11) is 0. The van der Waals surface area contributed by atoms with E-state index in [1.807, 2.05) is 0 Å². The van der Waals surface area contributed by atoms with Crippen molar-refractivity contribution >= 4 is 5.91 Å². The molecule has 2 aliphatic rings. The summed E-state index contributed by atoms with van der Waals surface area (Å²) in [6.07, 6.45) is 9.34. The number of nitrogens with zero attached hydrogens (tertiary/aromatic N) is 1. The van der Waals surface area contributed by atoms with E-state index < -0.39 is 0 Å². The van der Waals surface area contributed by atoms with Gasteiger partial charge < -0.3 is 10.6 Å². The number of piperidine rings is 1. The van der Waals surface area contributed by atoms with E-state index >= 15 is 0 Å². The summed E-state index contributed by atoms with van der Waals surface area (Å²) >= 11 is 0.